The predicted molar refractivity (Wildman–Crippen MR) is 109 cm³/mol. The number of nitrogens with zero attached hydrogens (tertiary/aromatic N) is 1. The molecule has 0 saturated heterocycles. The SMILES string of the molecule is CCC(C(=O)O)c1onc(-c2ccc(Cl)c(Cl)c2)c1-c1ccc(S(N)(=O)=O)cc1. The van der Waals surface area contributed by atoms with Gasteiger partial charge in [-0.05, 0) is 36.2 Å². The molecule has 10 heteroatoms. The summed E-state index contributed by atoms with van der Waals surface area (Å²) in [5.74, 6) is -1.84. The van der Waals surface area contributed by atoms with Crippen LogP contribution in [0.5, 0.6) is 0 Å². The van der Waals surface area contributed by atoms with Crippen LogP contribution < -0.4 is 5.14 Å². The molecule has 3 aromatic rings. The molecule has 7 nitrogen and oxygen atoms in total. The Morgan fingerprint density at radius 2 is 1.76 bits per heavy atom. The van der Waals surface area contributed by atoms with Crippen molar-refractivity contribution in [3.63, 3.8) is 0 Å². The van der Waals surface area contributed by atoms with Gasteiger partial charge < -0.3 is 9.63 Å². The van der Waals surface area contributed by atoms with Gasteiger partial charge in [-0.2, -0.15) is 0 Å². The van der Waals surface area contributed by atoms with Gasteiger partial charge in [-0.1, -0.05) is 53.5 Å². The Hall–Kier alpha value is -2.39. The summed E-state index contributed by atoms with van der Waals surface area (Å²) in [6, 6.07) is 10.6. The lowest BCUT2D eigenvalue weighted by Gasteiger charge is -2.10. The van der Waals surface area contributed by atoms with E-state index in [9.17, 15) is 18.3 Å². The first-order chi connectivity index (χ1) is 13.6. The average molecular weight is 455 g/mol. The molecule has 0 aliphatic carbocycles. The zero-order valence-corrected chi connectivity index (χ0v) is 17.4. The van der Waals surface area contributed by atoms with E-state index in [1.807, 2.05) is 0 Å². The summed E-state index contributed by atoms with van der Waals surface area (Å²) in [5.41, 5.74) is 1.88. The number of nitrogens with two attached hydrogens (primary N) is 1. The van der Waals surface area contributed by atoms with Crippen LogP contribution in [-0.2, 0) is 14.8 Å². The van der Waals surface area contributed by atoms with Crippen molar-refractivity contribution in [1.29, 1.82) is 0 Å². The highest BCUT2D eigenvalue weighted by molar-refractivity contribution is 7.89. The van der Waals surface area contributed by atoms with Gasteiger partial charge in [0.15, 0.2) is 5.76 Å². The number of hydrogen-bond acceptors (Lipinski definition) is 5. The van der Waals surface area contributed by atoms with E-state index in [0.29, 0.717) is 32.4 Å². The first-order valence-electron chi connectivity index (χ1n) is 8.44. The van der Waals surface area contributed by atoms with Crippen LogP contribution in [0.25, 0.3) is 22.4 Å². The molecule has 3 rings (SSSR count). The summed E-state index contributed by atoms with van der Waals surface area (Å²) in [6.07, 6.45) is 0.271. The van der Waals surface area contributed by atoms with E-state index in [4.69, 9.17) is 32.9 Å². The van der Waals surface area contributed by atoms with Crippen LogP contribution >= 0.6 is 23.2 Å². The number of primary sulfonamides is 1. The Kier molecular flexibility index (Phi) is 6.00. The number of halogens is 2. The van der Waals surface area contributed by atoms with Gasteiger partial charge in [0.2, 0.25) is 10.0 Å². The highest BCUT2D eigenvalue weighted by Crippen LogP contribution is 2.40. The summed E-state index contributed by atoms with van der Waals surface area (Å²) in [4.78, 5) is 11.7. The van der Waals surface area contributed by atoms with E-state index in [2.05, 4.69) is 5.16 Å². The number of carbonyl (C=O) groups is 1. The molecule has 0 bridgehead atoms. The zero-order chi connectivity index (χ0) is 21.3. The van der Waals surface area contributed by atoms with E-state index in [0.717, 1.165) is 0 Å². The van der Waals surface area contributed by atoms with Gasteiger partial charge in [0, 0.05) is 5.56 Å². The lowest BCUT2D eigenvalue weighted by atomic mass is 9.92. The summed E-state index contributed by atoms with van der Waals surface area (Å²) in [6.45, 7) is 1.72. The van der Waals surface area contributed by atoms with Crippen LogP contribution in [0.15, 0.2) is 51.9 Å². The van der Waals surface area contributed by atoms with Crippen molar-refractivity contribution in [3.05, 3.63) is 58.3 Å². The van der Waals surface area contributed by atoms with Crippen LogP contribution in [0.1, 0.15) is 25.0 Å². The van der Waals surface area contributed by atoms with E-state index in [1.165, 1.54) is 24.3 Å². The minimum absolute atomic E-state index is 0.0689. The van der Waals surface area contributed by atoms with Crippen molar-refractivity contribution in [2.24, 2.45) is 5.14 Å². The molecule has 0 fully saturated rings. The molecule has 29 heavy (non-hydrogen) atoms. The molecule has 0 aliphatic heterocycles. The molecule has 1 unspecified atom stereocenters. The number of aromatic nitrogens is 1. The topological polar surface area (TPSA) is 123 Å². The fourth-order valence-corrected chi connectivity index (χ4v) is 3.76. The molecular weight excluding hydrogens is 439 g/mol. The van der Waals surface area contributed by atoms with Crippen LogP contribution in [0.2, 0.25) is 10.0 Å². The monoisotopic (exact) mass is 454 g/mol. The number of carboxylic acids is 1. The van der Waals surface area contributed by atoms with Gasteiger partial charge in [-0.15, -0.1) is 0 Å². The van der Waals surface area contributed by atoms with Gasteiger partial charge in [-0.3, -0.25) is 4.79 Å². The van der Waals surface area contributed by atoms with Crippen LogP contribution in [0, 0.1) is 0 Å². The van der Waals surface area contributed by atoms with Crippen molar-refractivity contribution in [1.82, 2.24) is 5.16 Å². The normalized spacial score (nSPS) is 12.7. The van der Waals surface area contributed by atoms with Crippen molar-refractivity contribution in [3.8, 4) is 22.4 Å². The first-order valence-corrected chi connectivity index (χ1v) is 10.7. The Morgan fingerprint density at radius 1 is 1.14 bits per heavy atom. The molecular formula is C19H16Cl2N2O5S. The Balaban J connectivity index is 2.24. The number of rotatable bonds is 6. The molecule has 0 saturated carbocycles. The molecule has 2 aromatic carbocycles. The van der Waals surface area contributed by atoms with E-state index in [-0.39, 0.29) is 17.1 Å². The van der Waals surface area contributed by atoms with Crippen LogP contribution in [-0.4, -0.2) is 24.7 Å². The summed E-state index contributed by atoms with van der Waals surface area (Å²) >= 11 is 12.1. The molecule has 3 N–H and O–H groups in total. The molecule has 1 heterocycles. The minimum Gasteiger partial charge on any atom is -0.481 e. The minimum atomic E-state index is -3.87. The Labute approximate surface area is 177 Å². The Morgan fingerprint density at radius 3 is 2.28 bits per heavy atom. The van der Waals surface area contributed by atoms with E-state index < -0.39 is 21.9 Å². The second-order valence-electron chi connectivity index (χ2n) is 6.27. The quantitative estimate of drug-likeness (QED) is 0.563. The third kappa shape index (κ3) is 4.30. The lowest BCUT2D eigenvalue weighted by Crippen LogP contribution is -2.12. The summed E-state index contributed by atoms with van der Waals surface area (Å²) < 4.78 is 28.5. The second kappa shape index (κ2) is 8.16. The summed E-state index contributed by atoms with van der Waals surface area (Å²) in [5, 5.41) is 19.5. The van der Waals surface area contributed by atoms with Crippen molar-refractivity contribution in [2.45, 2.75) is 24.2 Å². The first kappa shape index (κ1) is 21.3. The predicted octanol–water partition coefficient (Wildman–Crippen LogP) is 4.54. The maximum atomic E-state index is 11.7. The van der Waals surface area contributed by atoms with Gasteiger partial charge in [0.25, 0.3) is 0 Å². The average Bonchev–Trinajstić information content (AvgIpc) is 3.08. The molecule has 0 aliphatic rings. The van der Waals surface area contributed by atoms with E-state index >= 15 is 0 Å². The molecule has 1 aromatic heterocycles. The number of sulfonamides is 1. The number of aliphatic carboxylic acids is 1. The standard InChI is InChI=1S/C19H16Cl2N2O5S/c1-2-13(19(24)25)18-16(10-3-6-12(7-4-10)29(22,26)27)17(23-28-18)11-5-8-14(20)15(21)9-11/h3-9,13H,2H2,1H3,(H,24,25)(H2,22,26,27). The number of hydrogen-bond donors (Lipinski definition) is 2. The molecule has 0 radical (unpaired) electrons. The maximum absolute atomic E-state index is 11.7. The van der Waals surface area contributed by atoms with Crippen molar-refractivity contribution in [2.75, 3.05) is 0 Å². The zero-order valence-electron chi connectivity index (χ0n) is 15.1. The van der Waals surface area contributed by atoms with Crippen LogP contribution in [0.3, 0.4) is 0 Å². The third-order valence-corrected chi connectivity index (χ3v) is 6.07. The van der Waals surface area contributed by atoms with Gasteiger partial charge >= 0.3 is 5.97 Å². The number of benzene rings is 2. The highest BCUT2D eigenvalue weighted by atomic mass is 35.5. The molecule has 152 valence electrons. The molecule has 0 spiro atoms. The smallest absolute Gasteiger partial charge is 0.314 e. The summed E-state index contributed by atoms with van der Waals surface area (Å²) in [7, 11) is -3.87. The maximum Gasteiger partial charge on any atom is 0.314 e. The van der Waals surface area contributed by atoms with Crippen molar-refractivity contribution >= 4 is 39.2 Å². The van der Waals surface area contributed by atoms with Gasteiger partial charge in [-0.25, -0.2) is 13.6 Å². The van der Waals surface area contributed by atoms with Gasteiger partial charge in [0.1, 0.15) is 11.6 Å². The van der Waals surface area contributed by atoms with Gasteiger partial charge in [0.05, 0.1) is 20.5 Å². The Bertz CT molecular complexity index is 1170. The highest BCUT2D eigenvalue weighted by Gasteiger charge is 2.30. The largest absolute Gasteiger partial charge is 0.481 e. The molecule has 1 atom stereocenters. The van der Waals surface area contributed by atoms with Crippen molar-refractivity contribution < 1.29 is 22.8 Å². The fourth-order valence-electron chi connectivity index (χ4n) is 2.94. The van der Waals surface area contributed by atoms with Crippen LogP contribution in [0.4, 0.5) is 0 Å². The molecule has 0 amide bonds. The lowest BCUT2D eigenvalue weighted by molar-refractivity contribution is -0.139. The van der Waals surface area contributed by atoms with E-state index in [1.54, 1.807) is 25.1 Å². The third-order valence-electron chi connectivity index (χ3n) is 4.41. The number of carboxylic acid groups (broad SMARTS) is 1. The second-order valence-corrected chi connectivity index (χ2v) is 8.64. The fraction of sp³-hybridized carbons (Fsp3) is 0.158.